The second-order valence-electron chi connectivity index (χ2n) is 6.04. The molecule has 2 nitrogen and oxygen atoms in total. The fourth-order valence-electron chi connectivity index (χ4n) is 3.59. The molecule has 0 aliphatic carbocycles. The van der Waals surface area contributed by atoms with Gasteiger partial charge in [0.1, 0.15) is 6.29 Å². The van der Waals surface area contributed by atoms with Gasteiger partial charge in [-0.25, -0.2) is 0 Å². The third kappa shape index (κ3) is 2.31. The lowest BCUT2D eigenvalue weighted by atomic mass is 9.99. The van der Waals surface area contributed by atoms with E-state index in [2.05, 4.69) is 54.0 Å². The fourth-order valence-corrected chi connectivity index (χ4v) is 3.59. The van der Waals surface area contributed by atoms with Gasteiger partial charge in [0.2, 0.25) is 0 Å². The number of hydrogen-bond donors (Lipinski definition) is 0. The third-order valence-electron chi connectivity index (χ3n) is 4.60. The van der Waals surface area contributed by atoms with Gasteiger partial charge in [0.25, 0.3) is 0 Å². The van der Waals surface area contributed by atoms with Crippen LogP contribution in [0.25, 0.3) is 21.8 Å². The number of fused-ring (bicyclic) bond motifs is 3. The summed E-state index contributed by atoms with van der Waals surface area (Å²) in [4.78, 5) is 11.5. The van der Waals surface area contributed by atoms with Gasteiger partial charge in [-0.3, -0.25) is 4.79 Å². The fraction of sp³-hybridized carbons (Fsp3) is 0.136. The molecule has 0 saturated carbocycles. The predicted octanol–water partition coefficient (Wildman–Crippen LogP) is 5.02. The van der Waals surface area contributed by atoms with E-state index in [4.69, 9.17) is 0 Å². The molecule has 0 fully saturated rings. The first-order valence-electron chi connectivity index (χ1n) is 8.26. The molecule has 0 spiro atoms. The topological polar surface area (TPSA) is 22.0 Å². The van der Waals surface area contributed by atoms with Crippen molar-refractivity contribution in [3.63, 3.8) is 0 Å². The smallest absolute Gasteiger partial charge is 0.150 e. The van der Waals surface area contributed by atoms with Gasteiger partial charge in [-0.05, 0) is 48.7 Å². The van der Waals surface area contributed by atoms with Crippen molar-refractivity contribution in [1.82, 2.24) is 4.57 Å². The second-order valence-corrected chi connectivity index (χ2v) is 6.04. The molecule has 0 unspecified atom stereocenters. The number of carbonyl (C=O) groups excluding carboxylic acids is 1. The molecule has 0 N–H and O–H groups in total. The molecule has 0 amide bonds. The maximum Gasteiger partial charge on any atom is 0.150 e. The van der Waals surface area contributed by atoms with E-state index in [1.807, 2.05) is 24.3 Å². The summed E-state index contributed by atoms with van der Waals surface area (Å²) in [6.07, 6.45) is 1.75. The van der Waals surface area contributed by atoms with Crippen molar-refractivity contribution in [3.05, 3.63) is 83.4 Å². The van der Waals surface area contributed by atoms with Crippen LogP contribution in [0.1, 0.15) is 28.4 Å². The Morgan fingerprint density at radius 3 is 2.58 bits per heavy atom. The van der Waals surface area contributed by atoms with E-state index in [-0.39, 0.29) is 0 Å². The van der Waals surface area contributed by atoms with Crippen LogP contribution in [-0.4, -0.2) is 10.9 Å². The molecule has 1 aromatic heterocycles. The average Bonchev–Trinajstić information content (AvgIpc) is 2.96. The number of aldehydes is 1. The SMILES string of the molecule is CCn1c2ccccc2c2cc(C=O)cc(Cc3cc[c]cc3)c21. The highest BCUT2D eigenvalue weighted by Gasteiger charge is 2.14. The summed E-state index contributed by atoms with van der Waals surface area (Å²) in [7, 11) is 0. The van der Waals surface area contributed by atoms with E-state index < -0.39 is 0 Å². The molecule has 0 aliphatic rings. The molecular formula is C22H18NO. The predicted molar refractivity (Wildman–Crippen MR) is 98.6 cm³/mol. The minimum Gasteiger partial charge on any atom is -0.341 e. The van der Waals surface area contributed by atoms with Gasteiger partial charge in [-0.1, -0.05) is 42.5 Å². The van der Waals surface area contributed by atoms with Crippen LogP contribution in [0, 0.1) is 6.07 Å². The van der Waals surface area contributed by atoms with Gasteiger partial charge < -0.3 is 4.57 Å². The molecule has 24 heavy (non-hydrogen) atoms. The Bertz CT molecular complexity index is 1030. The number of nitrogens with zero attached hydrogens (tertiary/aromatic N) is 1. The average molecular weight is 312 g/mol. The summed E-state index contributed by atoms with van der Waals surface area (Å²) in [5.74, 6) is 0. The van der Waals surface area contributed by atoms with Gasteiger partial charge in [-0.15, -0.1) is 0 Å². The van der Waals surface area contributed by atoms with Crippen LogP contribution in [-0.2, 0) is 13.0 Å². The number of hydrogen-bond acceptors (Lipinski definition) is 1. The van der Waals surface area contributed by atoms with E-state index >= 15 is 0 Å². The number of carbonyl (C=O) groups is 1. The zero-order valence-electron chi connectivity index (χ0n) is 13.6. The van der Waals surface area contributed by atoms with Crippen LogP contribution < -0.4 is 0 Å². The molecule has 0 bridgehead atoms. The highest BCUT2D eigenvalue weighted by Crippen LogP contribution is 2.33. The Balaban J connectivity index is 2.06. The molecular weight excluding hydrogens is 294 g/mol. The maximum absolute atomic E-state index is 11.5. The van der Waals surface area contributed by atoms with E-state index in [0.717, 1.165) is 30.2 Å². The number of rotatable bonds is 4. The second kappa shape index (κ2) is 5.97. The van der Waals surface area contributed by atoms with Crippen LogP contribution in [0.5, 0.6) is 0 Å². The van der Waals surface area contributed by atoms with Crippen molar-refractivity contribution < 1.29 is 4.79 Å². The molecule has 0 atom stereocenters. The summed E-state index contributed by atoms with van der Waals surface area (Å²) in [5, 5.41) is 2.37. The van der Waals surface area contributed by atoms with Crippen molar-refractivity contribution in [2.75, 3.05) is 0 Å². The lowest BCUT2D eigenvalue weighted by molar-refractivity contribution is 0.112. The quantitative estimate of drug-likeness (QED) is 0.485. The number of aromatic nitrogens is 1. The van der Waals surface area contributed by atoms with Gasteiger partial charge in [0, 0.05) is 28.4 Å². The van der Waals surface area contributed by atoms with E-state index in [1.54, 1.807) is 0 Å². The van der Waals surface area contributed by atoms with Crippen molar-refractivity contribution >= 4 is 28.1 Å². The van der Waals surface area contributed by atoms with Crippen molar-refractivity contribution in [2.45, 2.75) is 19.9 Å². The standard InChI is InChI=1S/C22H18NO/c1-2-23-21-11-7-6-10-19(21)20-14-17(15-24)13-18(22(20)23)12-16-8-4-3-5-9-16/h4-11,13-15H,2,12H2,1H3. The monoisotopic (exact) mass is 312 g/mol. The largest absolute Gasteiger partial charge is 0.341 e. The van der Waals surface area contributed by atoms with Crippen LogP contribution in [0.4, 0.5) is 0 Å². The summed E-state index contributed by atoms with van der Waals surface area (Å²) in [5.41, 5.74) is 5.61. The first-order chi connectivity index (χ1) is 11.8. The Morgan fingerprint density at radius 1 is 1.04 bits per heavy atom. The lowest BCUT2D eigenvalue weighted by Crippen LogP contribution is -1.99. The van der Waals surface area contributed by atoms with Crippen LogP contribution in [0.15, 0.2) is 60.7 Å². The molecule has 4 rings (SSSR count). The lowest BCUT2D eigenvalue weighted by Gasteiger charge is -2.10. The molecule has 117 valence electrons. The summed E-state index contributed by atoms with van der Waals surface area (Å²) < 4.78 is 2.35. The van der Waals surface area contributed by atoms with E-state index in [1.165, 1.54) is 27.5 Å². The molecule has 3 aromatic carbocycles. The number of benzene rings is 3. The molecule has 0 saturated heterocycles. The van der Waals surface area contributed by atoms with Crippen LogP contribution >= 0.6 is 0 Å². The molecule has 0 aliphatic heterocycles. The van der Waals surface area contributed by atoms with Gasteiger partial charge in [0.15, 0.2) is 0 Å². The number of para-hydroxylation sites is 1. The Kier molecular flexibility index (Phi) is 3.66. The van der Waals surface area contributed by atoms with Gasteiger partial charge in [-0.2, -0.15) is 0 Å². The van der Waals surface area contributed by atoms with E-state index in [9.17, 15) is 4.79 Å². The Morgan fingerprint density at radius 2 is 1.83 bits per heavy atom. The highest BCUT2D eigenvalue weighted by atomic mass is 16.1. The van der Waals surface area contributed by atoms with Crippen molar-refractivity contribution in [3.8, 4) is 0 Å². The summed E-state index contributed by atoms with van der Waals surface area (Å²) in [6.45, 7) is 3.07. The van der Waals surface area contributed by atoms with Crippen molar-refractivity contribution in [1.29, 1.82) is 0 Å². The van der Waals surface area contributed by atoms with E-state index in [0.29, 0.717) is 0 Å². The third-order valence-corrected chi connectivity index (χ3v) is 4.60. The maximum atomic E-state index is 11.5. The molecule has 1 radical (unpaired) electrons. The van der Waals surface area contributed by atoms with Crippen LogP contribution in [0.2, 0.25) is 0 Å². The molecule has 2 heteroatoms. The highest BCUT2D eigenvalue weighted by molar-refractivity contribution is 6.10. The first kappa shape index (κ1) is 14.7. The first-order valence-corrected chi connectivity index (χ1v) is 8.26. The van der Waals surface area contributed by atoms with Crippen LogP contribution in [0.3, 0.4) is 0 Å². The number of aryl methyl sites for hydroxylation is 1. The zero-order chi connectivity index (χ0) is 16.5. The normalized spacial score (nSPS) is 11.2. The summed E-state index contributed by atoms with van der Waals surface area (Å²) >= 11 is 0. The molecule has 1 heterocycles. The van der Waals surface area contributed by atoms with Gasteiger partial charge >= 0.3 is 0 Å². The Hall–Kier alpha value is -2.87. The summed E-state index contributed by atoms with van der Waals surface area (Å²) in [6, 6.07) is 23.6. The minimum atomic E-state index is 0.735. The zero-order valence-corrected chi connectivity index (χ0v) is 13.6. The Labute approximate surface area is 141 Å². The van der Waals surface area contributed by atoms with Gasteiger partial charge in [0.05, 0.1) is 5.52 Å². The minimum absolute atomic E-state index is 0.735. The molecule has 4 aromatic rings. The van der Waals surface area contributed by atoms with Crippen molar-refractivity contribution in [2.24, 2.45) is 0 Å².